The molecule has 1 aromatic heterocycles. The van der Waals surface area contributed by atoms with Crippen LogP contribution >= 0.6 is 0 Å². The monoisotopic (exact) mass is 206 g/mol. The van der Waals surface area contributed by atoms with Crippen LogP contribution in [0, 0.1) is 0 Å². The summed E-state index contributed by atoms with van der Waals surface area (Å²) in [5.74, 6) is 0. The first kappa shape index (κ1) is 11.8. The van der Waals surface area contributed by atoms with Gasteiger partial charge in [0.2, 0.25) is 0 Å². The molecule has 1 aromatic carbocycles. The Morgan fingerprint density at radius 2 is 2.00 bits per heavy atom. The summed E-state index contributed by atoms with van der Waals surface area (Å²) in [6.45, 7) is 5.03. The zero-order valence-corrected chi connectivity index (χ0v) is 9.80. The Kier molecular flexibility index (Phi) is 4.91. The average Bonchev–Trinajstić information content (AvgIpc) is 2.72. The van der Waals surface area contributed by atoms with Gasteiger partial charge in [0.25, 0.3) is 0 Å². The maximum atomic E-state index is 3.27. The van der Waals surface area contributed by atoms with E-state index in [-0.39, 0.29) is 1.43 Å². The summed E-state index contributed by atoms with van der Waals surface area (Å²) < 4.78 is 0. The number of benzene rings is 1. The largest absolute Gasteiger partial charge is 0.361 e. The molecule has 84 valence electrons. The van der Waals surface area contributed by atoms with Gasteiger partial charge in [-0.1, -0.05) is 32.0 Å². The van der Waals surface area contributed by atoms with Crippen molar-refractivity contribution < 1.29 is 1.43 Å². The van der Waals surface area contributed by atoms with E-state index < -0.39 is 0 Å². The second-order valence-electron chi connectivity index (χ2n) is 3.21. The van der Waals surface area contributed by atoms with Crippen LogP contribution in [0.25, 0.3) is 10.9 Å². The summed E-state index contributed by atoms with van der Waals surface area (Å²) in [5.41, 5.74) is 2.62. The fraction of sp³-hybridized carbons (Fsp3) is 0.385. The molecular weight excluding hydrogens is 184 g/mol. The highest BCUT2D eigenvalue weighted by molar-refractivity contribution is 5.82. The second kappa shape index (κ2) is 6.25. The van der Waals surface area contributed by atoms with Crippen LogP contribution in [0.5, 0.6) is 0 Å². The van der Waals surface area contributed by atoms with Crippen molar-refractivity contribution in [2.75, 3.05) is 13.6 Å². The molecule has 0 aliphatic heterocycles. The van der Waals surface area contributed by atoms with Gasteiger partial charge in [0.05, 0.1) is 0 Å². The molecule has 1 heterocycles. The van der Waals surface area contributed by atoms with E-state index >= 15 is 0 Å². The number of aromatic nitrogens is 1. The lowest BCUT2D eigenvalue weighted by atomic mass is 10.1. The molecule has 0 amide bonds. The number of aromatic amines is 1. The molecule has 2 heteroatoms. The minimum absolute atomic E-state index is 0. The van der Waals surface area contributed by atoms with E-state index in [9.17, 15) is 0 Å². The minimum atomic E-state index is 0. The summed E-state index contributed by atoms with van der Waals surface area (Å²) in [7, 11) is 1.98. The molecule has 0 aliphatic rings. The number of nitrogens with one attached hydrogen (secondary N) is 2. The Morgan fingerprint density at radius 3 is 2.73 bits per heavy atom. The van der Waals surface area contributed by atoms with Gasteiger partial charge in [0.1, 0.15) is 0 Å². The second-order valence-corrected chi connectivity index (χ2v) is 3.21. The molecule has 0 saturated heterocycles. The molecule has 0 spiro atoms. The third kappa shape index (κ3) is 2.83. The van der Waals surface area contributed by atoms with Crippen molar-refractivity contribution in [2.24, 2.45) is 0 Å². The van der Waals surface area contributed by atoms with Crippen LogP contribution < -0.4 is 5.32 Å². The van der Waals surface area contributed by atoms with Crippen LogP contribution in [0.4, 0.5) is 0 Å². The summed E-state index contributed by atoms with van der Waals surface area (Å²) in [6, 6.07) is 8.41. The SMILES string of the molecule is CC.CNCCc1c[nH]c2ccccc12.[HH]. The first-order chi connectivity index (χ1) is 7.42. The maximum absolute atomic E-state index is 3.27. The van der Waals surface area contributed by atoms with Crippen LogP contribution in [-0.4, -0.2) is 18.6 Å². The third-order valence-electron chi connectivity index (χ3n) is 2.32. The van der Waals surface area contributed by atoms with E-state index in [1.807, 2.05) is 20.9 Å². The van der Waals surface area contributed by atoms with Gasteiger partial charge in [-0.15, -0.1) is 0 Å². The first-order valence-corrected chi connectivity index (χ1v) is 5.61. The summed E-state index contributed by atoms with van der Waals surface area (Å²) in [5, 5.41) is 4.50. The lowest BCUT2D eigenvalue weighted by Crippen LogP contribution is -2.09. The zero-order valence-electron chi connectivity index (χ0n) is 9.80. The Labute approximate surface area is 93.2 Å². The number of para-hydroxylation sites is 1. The molecule has 0 bridgehead atoms. The predicted octanol–water partition coefficient (Wildman–Crippen LogP) is 3.20. The van der Waals surface area contributed by atoms with Crippen LogP contribution in [0.15, 0.2) is 30.5 Å². The van der Waals surface area contributed by atoms with Gasteiger partial charge in [-0.3, -0.25) is 0 Å². The predicted molar refractivity (Wildman–Crippen MR) is 69.4 cm³/mol. The molecule has 0 saturated carbocycles. The highest BCUT2D eigenvalue weighted by Crippen LogP contribution is 2.17. The van der Waals surface area contributed by atoms with Crippen LogP contribution in [0.2, 0.25) is 0 Å². The quantitative estimate of drug-likeness (QED) is 0.793. The van der Waals surface area contributed by atoms with E-state index in [4.69, 9.17) is 0 Å². The fourth-order valence-electron chi connectivity index (χ4n) is 1.60. The smallest absolute Gasteiger partial charge is 0.0456 e. The highest BCUT2D eigenvalue weighted by atomic mass is 14.8. The maximum Gasteiger partial charge on any atom is 0.0456 e. The lowest BCUT2D eigenvalue weighted by Gasteiger charge is -1.97. The average molecular weight is 206 g/mol. The molecule has 0 unspecified atom stereocenters. The van der Waals surface area contributed by atoms with Crippen molar-refractivity contribution in [1.82, 2.24) is 10.3 Å². The van der Waals surface area contributed by atoms with Crippen molar-refractivity contribution in [1.29, 1.82) is 0 Å². The van der Waals surface area contributed by atoms with Gasteiger partial charge in [-0.05, 0) is 31.6 Å². The number of hydrogen-bond acceptors (Lipinski definition) is 1. The highest BCUT2D eigenvalue weighted by Gasteiger charge is 2.00. The molecule has 0 fully saturated rings. The third-order valence-corrected chi connectivity index (χ3v) is 2.32. The Morgan fingerprint density at radius 1 is 1.27 bits per heavy atom. The van der Waals surface area contributed by atoms with Crippen molar-refractivity contribution in [3.05, 3.63) is 36.0 Å². The Bertz CT molecular complexity index is 395. The molecule has 0 radical (unpaired) electrons. The molecule has 2 rings (SSSR count). The zero-order chi connectivity index (χ0) is 11.1. The number of fused-ring (bicyclic) bond motifs is 1. The van der Waals surface area contributed by atoms with Crippen LogP contribution in [-0.2, 0) is 6.42 Å². The van der Waals surface area contributed by atoms with Gasteiger partial charge >= 0.3 is 0 Å². The van der Waals surface area contributed by atoms with E-state index in [1.165, 1.54) is 16.5 Å². The summed E-state index contributed by atoms with van der Waals surface area (Å²) in [4.78, 5) is 3.27. The van der Waals surface area contributed by atoms with Gasteiger partial charge in [0, 0.05) is 18.5 Å². The number of hydrogen-bond donors (Lipinski definition) is 2. The first-order valence-electron chi connectivity index (χ1n) is 5.61. The van der Waals surface area contributed by atoms with E-state index in [1.54, 1.807) is 0 Å². The van der Waals surface area contributed by atoms with Crippen molar-refractivity contribution in [3.63, 3.8) is 0 Å². The molecule has 2 aromatic rings. The Hall–Kier alpha value is -1.28. The number of H-pyrrole nitrogens is 1. The van der Waals surface area contributed by atoms with Gasteiger partial charge in [0.15, 0.2) is 0 Å². The summed E-state index contributed by atoms with van der Waals surface area (Å²) >= 11 is 0. The number of rotatable bonds is 3. The lowest BCUT2D eigenvalue weighted by molar-refractivity contribution is 0.795. The molecule has 0 aliphatic carbocycles. The fourth-order valence-corrected chi connectivity index (χ4v) is 1.60. The molecule has 15 heavy (non-hydrogen) atoms. The van der Waals surface area contributed by atoms with Crippen LogP contribution in [0.3, 0.4) is 0 Å². The van der Waals surface area contributed by atoms with Crippen molar-refractivity contribution in [3.8, 4) is 0 Å². The van der Waals surface area contributed by atoms with E-state index in [0.29, 0.717) is 0 Å². The topological polar surface area (TPSA) is 27.8 Å². The van der Waals surface area contributed by atoms with E-state index in [2.05, 4.69) is 40.8 Å². The normalized spacial score (nSPS) is 9.80. The Balaban J connectivity index is 0.000000711. The van der Waals surface area contributed by atoms with Crippen molar-refractivity contribution in [2.45, 2.75) is 20.3 Å². The van der Waals surface area contributed by atoms with Gasteiger partial charge < -0.3 is 10.3 Å². The van der Waals surface area contributed by atoms with Gasteiger partial charge in [-0.25, -0.2) is 0 Å². The molecule has 0 atom stereocenters. The van der Waals surface area contributed by atoms with Crippen molar-refractivity contribution >= 4 is 10.9 Å². The van der Waals surface area contributed by atoms with Crippen LogP contribution in [0.1, 0.15) is 20.8 Å². The summed E-state index contributed by atoms with van der Waals surface area (Å²) in [6.07, 6.45) is 3.18. The molecule has 2 nitrogen and oxygen atoms in total. The molecule has 2 N–H and O–H groups in total. The minimum Gasteiger partial charge on any atom is -0.361 e. The van der Waals surface area contributed by atoms with Gasteiger partial charge in [-0.2, -0.15) is 0 Å². The number of likely N-dealkylation sites (N-methyl/N-ethyl adjacent to an activating group) is 1. The van der Waals surface area contributed by atoms with E-state index in [0.717, 1.165) is 13.0 Å². The standard InChI is InChI=1S/C11H14N2.C2H6.H2/c1-12-7-6-9-8-13-11-5-3-2-4-10(9)11;1-2;/h2-5,8,12-13H,6-7H2,1H3;1-2H3;1H. The molecular formula is C13H22N2.